The SMILES string of the molecule is COCn1cc(Cl)c(O)cc1=O. The summed E-state index contributed by atoms with van der Waals surface area (Å²) in [6.45, 7) is 0.124. The highest BCUT2D eigenvalue weighted by molar-refractivity contribution is 6.31. The molecule has 0 aliphatic rings. The first-order valence-electron chi connectivity index (χ1n) is 3.23. The highest BCUT2D eigenvalue weighted by Gasteiger charge is 2.01. The molecule has 0 unspecified atom stereocenters. The molecule has 0 spiro atoms. The van der Waals surface area contributed by atoms with Crippen LogP contribution in [0.15, 0.2) is 17.1 Å². The number of aromatic nitrogens is 1. The van der Waals surface area contributed by atoms with E-state index in [-0.39, 0.29) is 23.1 Å². The molecule has 1 N–H and O–H groups in total. The Morgan fingerprint density at radius 2 is 2.42 bits per heavy atom. The van der Waals surface area contributed by atoms with E-state index in [1.807, 2.05) is 0 Å². The van der Waals surface area contributed by atoms with Gasteiger partial charge >= 0.3 is 0 Å². The van der Waals surface area contributed by atoms with Gasteiger partial charge in [-0.1, -0.05) is 11.6 Å². The molecular weight excluding hydrogens is 182 g/mol. The van der Waals surface area contributed by atoms with Gasteiger partial charge in [-0.25, -0.2) is 0 Å². The van der Waals surface area contributed by atoms with Crippen LogP contribution in [0.5, 0.6) is 5.75 Å². The fraction of sp³-hybridized carbons (Fsp3) is 0.286. The van der Waals surface area contributed by atoms with Gasteiger partial charge in [-0.2, -0.15) is 0 Å². The summed E-state index contributed by atoms with van der Waals surface area (Å²) >= 11 is 5.56. The minimum Gasteiger partial charge on any atom is -0.506 e. The summed E-state index contributed by atoms with van der Waals surface area (Å²) in [5.74, 6) is -0.214. The van der Waals surface area contributed by atoms with Gasteiger partial charge in [0.1, 0.15) is 12.5 Å². The summed E-state index contributed by atoms with van der Waals surface area (Å²) in [6.07, 6.45) is 1.32. The number of hydrogen-bond acceptors (Lipinski definition) is 3. The largest absolute Gasteiger partial charge is 0.506 e. The van der Waals surface area contributed by atoms with Crippen LogP contribution in [0.1, 0.15) is 0 Å². The normalized spacial score (nSPS) is 10.2. The quantitative estimate of drug-likeness (QED) is 0.749. The molecule has 0 aromatic carbocycles. The smallest absolute Gasteiger partial charge is 0.256 e. The van der Waals surface area contributed by atoms with Crippen molar-refractivity contribution in [3.8, 4) is 5.75 Å². The van der Waals surface area contributed by atoms with Crippen molar-refractivity contribution in [2.75, 3.05) is 7.11 Å². The lowest BCUT2D eigenvalue weighted by atomic mass is 10.4. The zero-order valence-corrected chi connectivity index (χ0v) is 7.21. The zero-order chi connectivity index (χ0) is 9.14. The summed E-state index contributed by atoms with van der Waals surface area (Å²) in [4.78, 5) is 11.0. The summed E-state index contributed by atoms with van der Waals surface area (Å²) in [5.41, 5.74) is -0.348. The first kappa shape index (κ1) is 9.09. The molecule has 0 amide bonds. The molecule has 1 rings (SSSR count). The van der Waals surface area contributed by atoms with Gasteiger partial charge in [0.05, 0.1) is 5.02 Å². The Bertz CT molecular complexity index is 334. The minimum absolute atomic E-state index is 0.124. The molecule has 0 bridgehead atoms. The fourth-order valence-corrected chi connectivity index (χ4v) is 0.948. The van der Waals surface area contributed by atoms with E-state index in [0.29, 0.717) is 0 Å². The van der Waals surface area contributed by atoms with Gasteiger partial charge in [0.2, 0.25) is 0 Å². The predicted octanol–water partition coefficient (Wildman–Crippen LogP) is 0.811. The van der Waals surface area contributed by atoms with E-state index < -0.39 is 0 Å². The molecule has 0 aliphatic heterocycles. The first-order chi connectivity index (χ1) is 5.65. The number of aromatic hydroxyl groups is 1. The van der Waals surface area contributed by atoms with Crippen LogP contribution in [0.3, 0.4) is 0 Å². The Balaban J connectivity index is 3.14. The number of methoxy groups -OCH3 is 1. The molecule has 5 heteroatoms. The Labute approximate surface area is 74.0 Å². The molecule has 1 aromatic rings. The summed E-state index contributed by atoms with van der Waals surface area (Å²) in [6, 6.07) is 1.04. The number of pyridine rings is 1. The van der Waals surface area contributed by atoms with Crippen LogP contribution in [0.2, 0.25) is 5.02 Å². The van der Waals surface area contributed by atoms with Crippen LogP contribution >= 0.6 is 11.6 Å². The van der Waals surface area contributed by atoms with Crippen molar-refractivity contribution in [3.63, 3.8) is 0 Å². The standard InChI is InChI=1S/C7H8ClNO3/c1-12-4-9-3-5(8)6(10)2-7(9)11/h2-3,10H,4H2,1H3. The van der Waals surface area contributed by atoms with E-state index in [2.05, 4.69) is 0 Å². The summed E-state index contributed by atoms with van der Waals surface area (Å²) in [5, 5.41) is 9.14. The molecule has 66 valence electrons. The third kappa shape index (κ3) is 1.78. The Kier molecular flexibility index (Phi) is 2.73. The summed E-state index contributed by atoms with van der Waals surface area (Å²) < 4.78 is 5.98. The van der Waals surface area contributed by atoms with E-state index >= 15 is 0 Å². The van der Waals surface area contributed by atoms with Crippen LogP contribution in [-0.4, -0.2) is 16.8 Å². The first-order valence-corrected chi connectivity index (χ1v) is 3.61. The molecule has 0 fully saturated rings. The van der Waals surface area contributed by atoms with Gasteiger partial charge < -0.3 is 9.84 Å². The highest BCUT2D eigenvalue weighted by atomic mass is 35.5. The van der Waals surface area contributed by atoms with E-state index in [9.17, 15) is 4.79 Å². The van der Waals surface area contributed by atoms with Gasteiger partial charge in [0.25, 0.3) is 5.56 Å². The third-order valence-electron chi connectivity index (χ3n) is 1.33. The second kappa shape index (κ2) is 3.60. The molecule has 0 saturated carbocycles. The average Bonchev–Trinajstić information content (AvgIpc) is 2.01. The molecule has 12 heavy (non-hydrogen) atoms. The lowest BCUT2D eigenvalue weighted by molar-refractivity contribution is 0.128. The van der Waals surface area contributed by atoms with Gasteiger partial charge in [0, 0.05) is 19.4 Å². The van der Waals surface area contributed by atoms with Crippen molar-refractivity contribution in [1.29, 1.82) is 0 Å². The van der Waals surface area contributed by atoms with E-state index in [4.69, 9.17) is 21.4 Å². The third-order valence-corrected chi connectivity index (χ3v) is 1.62. The Morgan fingerprint density at radius 1 is 1.75 bits per heavy atom. The van der Waals surface area contributed by atoms with Crippen molar-refractivity contribution < 1.29 is 9.84 Å². The lowest BCUT2D eigenvalue weighted by Gasteiger charge is -2.04. The average molecular weight is 190 g/mol. The topological polar surface area (TPSA) is 51.5 Å². The molecule has 0 radical (unpaired) electrons. The Morgan fingerprint density at radius 3 is 3.00 bits per heavy atom. The van der Waals surface area contributed by atoms with Gasteiger partial charge in [0.15, 0.2) is 0 Å². The van der Waals surface area contributed by atoms with Crippen molar-refractivity contribution >= 4 is 11.6 Å². The van der Waals surface area contributed by atoms with Crippen LogP contribution in [0.4, 0.5) is 0 Å². The monoisotopic (exact) mass is 189 g/mol. The van der Waals surface area contributed by atoms with Crippen LogP contribution in [-0.2, 0) is 11.5 Å². The van der Waals surface area contributed by atoms with E-state index in [1.165, 1.54) is 17.9 Å². The number of ether oxygens (including phenoxy) is 1. The highest BCUT2D eigenvalue weighted by Crippen LogP contribution is 2.18. The molecule has 0 atom stereocenters. The maximum Gasteiger partial charge on any atom is 0.256 e. The van der Waals surface area contributed by atoms with Crippen LogP contribution in [0.25, 0.3) is 0 Å². The maximum absolute atomic E-state index is 11.0. The van der Waals surface area contributed by atoms with Crippen LogP contribution < -0.4 is 5.56 Å². The van der Waals surface area contributed by atoms with Gasteiger partial charge in [-0.15, -0.1) is 0 Å². The predicted molar refractivity (Wildman–Crippen MR) is 44.4 cm³/mol. The molecular formula is C7H8ClNO3. The second-order valence-electron chi connectivity index (χ2n) is 2.23. The molecule has 0 aliphatic carbocycles. The number of nitrogens with zero attached hydrogens (tertiary/aromatic N) is 1. The second-order valence-corrected chi connectivity index (χ2v) is 2.64. The minimum atomic E-state index is -0.348. The molecule has 0 saturated heterocycles. The van der Waals surface area contributed by atoms with Crippen LogP contribution in [0, 0.1) is 0 Å². The fourth-order valence-electron chi connectivity index (χ4n) is 0.775. The van der Waals surface area contributed by atoms with E-state index in [0.717, 1.165) is 6.07 Å². The lowest BCUT2D eigenvalue weighted by Crippen LogP contribution is -2.18. The number of halogens is 1. The molecule has 4 nitrogen and oxygen atoms in total. The maximum atomic E-state index is 11.0. The number of rotatable bonds is 2. The van der Waals surface area contributed by atoms with E-state index in [1.54, 1.807) is 0 Å². The molecule has 1 heterocycles. The summed E-state index contributed by atoms with van der Waals surface area (Å²) in [7, 11) is 1.47. The Hall–Kier alpha value is -1.00. The van der Waals surface area contributed by atoms with Crippen molar-refractivity contribution in [2.45, 2.75) is 6.73 Å². The van der Waals surface area contributed by atoms with Crippen molar-refractivity contribution in [1.82, 2.24) is 4.57 Å². The van der Waals surface area contributed by atoms with Gasteiger partial charge in [-0.05, 0) is 0 Å². The molecule has 1 aromatic heterocycles. The zero-order valence-electron chi connectivity index (χ0n) is 6.45. The van der Waals surface area contributed by atoms with Crippen molar-refractivity contribution in [3.05, 3.63) is 27.6 Å². The number of hydrogen-bond donors (Lipinski definition) is 1. The van der Waals surface area contributed by atoms with Crippen molar-refractivity contribution in [2.24, 2.45) is 0 Å². The van der Waals surface area contributed by atoms with Gasteiger partial charge in [-0.3, -0.25) is 9.36 Å².